The van der Waals surface area contributed by atoms with Gasteiger partial charge in [0.15, 0.2) is 0 Å². The number of alkyl carbamates (subject to hydrolysis) is 1. The number of carbonyl (C=O) groups is 5. The Bertz CT molecular complexity index is 1060. The van der Waals surface area contributed by atoms with Crippen LogP contribution in [0.15, 0.2) is 30.3 Å². The first-order valence-electron chi connectivity index (χ1n) is 11.3. The molecule has 1 unspecified atom stereocenters. The Balaban J connectivity index is 1.42. The van der Waals surface area contributed by atoms with Crippen molar-refractivity contribution in [2.45, 2.75) is 61.5 Å². The largest absolute Gasteiger partial charge is 0.479 e. The third-order valence-corrected chi connectivity index (χ3v) is 7.71. The lowest BCUT2D eigenvalue weighted by molar-refractivity contribution is -0.155. The Morgan fingerprint density at radius 2 is 1.83 bits per heavy atom. The van der Waals surface area contributed by atoms with Gasteiger partial charge in [0.25, 0.3) is 0 Å². The maximum absolute atomic E-state index is 13.1. The average Bonchev–Trinajstić information content (AvgIpc) is 3.31. The van der Waals surface area contributed by atoms with Crippen LogP contribution in [0.5, 0.6) is 0 Å². The molecule has 0 bridgehead atoms. The number of benzene rings is 1. The number of hydrogen-bond acceptors (Lipinski definition) is 7. The van der Waals surface area contributed by atoms with E-state index < -0.39 is 45.9 Å². The van der Waals surface area contributed by atoms with Crippen LogP contribution in [0, 0.1) is 0 Å². The van der Waals surface area contributed by atoms with Crippen molar-refractivity contribution in [3.05, 3.63) is 35.9 Å². The molecule has 12 heteroatoms. The number of carbonyl (C=O) groups excluding carboxylic acids is 4. The van der Waals surface area contributed by atoms with Gasteiger partial charge in [0, 0.05) is 6.54 Å². The van der Waals surface area contributed by atoms with Gasteiger partial charge in [-0.15, -0.1) is 0 Å². The number of rotatable bonds is 6. The van der Waals surface area contributed by atoms with E-state index in [0.29, 0.717) is 0 Å². The van der Waals surface area contributed by atoms with Crippen molar-refractivity contribution in [1.29, 1.82) is 0 Å². The molecule has 4 rings (SSSR count). The van der Waals surface area contributed by atoms with Crippen LogP contribution in [0.4, 0.5) is 4.79 Å². The zero-order valence-electron chi connectivity index (χ0n) is 19.6. The molecule has 3 fully saturated rings. The minimum Gasteiger partial charge on any atom is -0.479 e. The summed E-state index contributed by atoms with van der Waals surface area (Å²) in [5.41, 5.74) is 0.0423. The number of nitrogens with one attached hydrogen (secondary N) is 2. The van der Waals surface area contributed by atoms with E-state index in [2.05, 4.69) is 10.6 Å². The van der Waals surface area contributed by atoms with Crippen LogP contribution < -0.4 is 10.6 Å². The summed E-state index contributed by atoms with van der Waals surface area (Å²) in [6.07, 6.45) is -0.459. The quantitative estimate of drug-likeness (QED) is 0.476. The third-order valence-electron chi connectivity index (χ3n) is 6.03. The number of amides is 4. The van der Waals surface area contributed by atoms with Gasteiger partial charge in [-0.1, -0.05) is 42.1 Å². The van der Waals surface area contributed by atoms with Crippen LogP contribution in [-0.4, -0.2) is 85.7 Å². The summed E-state index contributed by atoms with van der Waals surface area (Å²) < 4.78 is 5.20. The lowest BCUT2D eigenvalue weighted by atomic mass is 10.0. The predicted octanol–water partition coefficient (Wildman–Crippen LogP) is 0.536. The lowest BCUT2D eigenvalue weighted by Crippen LogP contribution is -2.67. The number of thioether (sulfide) groups is 1. The van der Waals surface area contributed by atoms with Crippen molar-refractivity contribution in [2.75, 3.05) is 13.1 Å². The van der Waals surface area contributed by atoms with Gasteiger partial charge in [0.2, 0.25) is 22.6 Å². The monoisotopic (exact) mass is 504 g/mol. The average molecular weight is 505 g/mol. The fourth-order valence-corrected chi connectivity index (χ4v) is 6.08. The zero-order chi connectivity index (χ0) is 25.5. The van der Waals surface area contributed by atoms with Crippen LogP contribution in [0.3, 0.4) is 0 Å². The minimum atomic E-state index is -1.71. The van der Waals surface area contributed by atoms with Crippen LogP contribution >= 0.6 is 11.8 Å². The van der Waals surface area contributed by atoms with Gasteiger partial charge in [-0.05, 0) is 32.8 Å². The molecule has 3 heterocycles. The Kier molecular flexibility index (Phi) is 6.43. The van der Waals surface area contributed by atoms with Crippen molar-refractivity contribution < 1.29 is 33.8 Å². The highest BCUT2D eigenvalue weighted by Crippen LogP contribution is 2.49. The van der Waals surface area contributed by atoms with E-state index in [-0.39, 0.29) is 37.7 Å². The van der Waals surface area contributed by atoms with Crippen molar-refractivity contribution in [1.82, 2.24) is 20.4 Å². The number of β-lactam (4-membered cyclic amide) rings is 1. The zero-order valence-corrected chi connectivity index (χ0v) is 20.5. The molecule has 0 saturated carbocycles. The lowest BCUT2D eigenvalue weighted by Gasteiger charge is -2.41. The molecule has 0 aliphatic carbocycles. The fraction of sp³-hybridized carbons (Fsp3) is 0.522. The second-order valence-electron chi connectivity index (χ2n) is 9.75. The van der Waals surface area contributed by atoms with E-state index in [0.717, 1.165) is 17.3 Å². The summed E-state index contributed by atoms with van der Waals surface area (Å²) >= 11 is 0.960. The van der Waals surface area contributed by atoms with Crippen molar-refractivity contribution in [3.8, 4) is 0 Å². The van der Waals surface area contributed by atoms with Crippen molar-refractivity contribution >= 4 is 41.5 Å². The number of ether oxygens (including phenoxy) is 1. The molecule has 0 aromatic heterocycles. The summed E-state index contributed by atoms with van der Waals surface area (Å²) in [5.74, 6) is -2.54. The first-order chi connectivity index (χ1) is 16.4. The smallest absolute Gasteiger partial charge is 0.408 e. The molecule has 188 valence electrons. The summed E-state index contributed by atoms with van der Waals surface area (Å²) in [6.45, 7) is 4.98. The number of hydrogen-bond donors (Lipinski definition) is 3. The molecule has 4 amide bonds. The molecule has 1 aromatic carbocycles. The second-order valence-corrected chi connectivity index (χ2v) is 11.1. The predicted molar refractivity (Wildman–Crippen MR) is 125 cm³/mol. The summed E-state index contributed by atoms with van der Waals surface area (Å²) in [4.78, 5) is 63.7. The first kappa shape index (κ1) is 24.8. The van der Waals surface area contributed by atoms with Gasteiger partial charge in [0.05, 0.1) is 13.0 Å². The van der Waals surface area contributed by atoms with Crippen LogP contribution in [-0.2, 0) is 30.3 Å². The van der Waals surface area contributed by atoms with Crippen molar-refractivity contribution in [3.63, 3.8) is 0 Å². The highest BCUT2D eigenvalue weighted by Gasteiger charge is 2.66. The normalized spacial score (nSPS) is 27.8. The van der Waals surface area contributed by atoms with Gasteiger partial charge < -0.3 is 30.3 Å². The Morgan fingerprint density at radius 3 is 2.46 bits per heavy atom. The van der Waals surface area contributed by atoms with Crippen LogP contribution in [0.1, 0.15) is 32.8 Å². The fourth-order valence-electron chi connectivity index (χ4n) is 4.43. The van der Waals surface area contributed by atoms with E-state index in [1.165, 1.54) is 9.80 Å². The third kappa shape index (κ3) is 4.79. The molecule has 3 saturated heterocycles. The molecule has 3 N–H and O–H groups in total. The molecule has 1 aromatic rings. The highest BCUT2D eigenvalue weighted by atomic mass is 32.2. The molecule has 4 atom stereocenters. The minimum absolute atomic E-state index is 0.0920. The van der Waals surface area contributed by atoms with Gasteiger partial charge in [-0.2, -0.15) is 0 Å². The Labute approximate surface area is 206 Å². The summed E-state index contributed by atoms with van der Waals surface area (Å²) in [5, 5.41) is 14.7. The Morgan fingerprint density at radius 1 is 1.14 bits per heavy atom. The maximum Gasteiger partial charge on any atom is 0.408 e. The molecule has 0 spiro atoms. The summed E-state index contributed by atoms with van der Waals surface area (Å²) in [6, 6.07) is 7.26. The molecule has 3 aliphatic heterocycles. The number of fused-ring (bicyclic) bond motifs is 1. The molecule has 3 aliphatic rings. The highest BCUT2D eigenvalue weighted by molar-refractivity contribution is 8.02. The van der Waals surface area contributed by atoms with Gasteiger partial charge >= 0.3 is 12.1 Å². The standard InChI is InChI=1S/C23H28N4O7S/c1-22(2,3)34-21(33)24-14-9-10-27(17(14)29)23(20(31)32)12-26-18(30)16(19(26)35-23)25-15(28)11-13-7-5-4-6-8-13/h4-8,14,16,19H,9-12H2,1-3H3,(H,24,33)(H,25,28)(H,31,32)/t14?,16-,19-,23-/m1/s1. The maximum atomic E-state index is 13.1. The molecule has 35 heavy (non-hydrogen) atoms. The van der Waals surface area contributed by atoms with E-state index in [1.807, 2.05) is 18.2 Å². The van der Waals surface area contributed by atoms with E-state index in [4.69, 9.17) is 4.74 Å². The van der Waals surface area contributed by atoms with Gasteiger partial charge in [0.1, 0.15) is 23.1 Å². The van der Waals surface area contributed by atoms with E-state index >= 15 is 0 Å². The number of carboxylic acid groups (broad SMARTS) is 1. The SMILES string of the molecule is CC(C)(C)OC(=O)NC1CCN([C@]2(C(=O)O)CN3C(=O)[C@@H](NC(=O)Cc4ccccc4)[C@H]3S2)C1=O. The van der Waals surface area contributed by atoms with Crippen LogP contribution in [0.25, 0.3) is 0 Å². The number of likely N-dealkylation sites (tertiary alicyclic amines) is 1. The van der Waals surface area contributed by atoms with Crippen LogP contribution in [0.2, 0.25) is 0 Å². The number of carboxylic acids is 1. The molecular weight excluding hydrogens is 476 g/mol. The number of nitrogens with zero attached hydrogens (tertiary/aromatic N) is 2. The molecular formula is C23H28N4O7S. The second kappa shape index (κ2) is 9.06. The van der Waals surface area contributed by atoms with Gasteiger partial charge in [-0.3, -0.25) is 14.4 Å². The van der Waals surface area contributed by atoms with Gasteiger partial charge in [-0.25, -0.2) is 9.59 Å². The first-order valence-corrected chi connectivity index (χ1v) is 12.2. The Hall–Kier alpha value is -3.28. The van der Waals surface area contributed by atoms with E-state index in [1.54, 1.807) is 32.9 Å². The number of aliphatic carboxylic acids is 1. The van der Waals surface area contributed by atoms with Crippen molar-refractivity contribution in [2.24, 2.45) is 0 Å². The summed E-state index contributed by atoms with van der Waals surface area (Å²) in [7, 11) is 0. The molecule has 0 radical (unpaired) electrons. The topological polar surface area (TPSA) is 145 Å². The molecule has 11 nitrogen and oxygen atoms in total. The van der Waals surface area contributed by atoms with E-state index in [9.17, 15) is 29.1 Å².